The highest BCUT2D eigenvalue weighted by Gasteiger charge is 2.19. The van der Waals surface area contributed by atoms with Crippen LogP contribution in [-0.4, -0.2) is 31.0 Å². The SMILES string of the molecule is CCOc1ccc(CC(=O)NC2CCC(=O)NC2)cc1. The van der Waals surface area contributed by atoms with Gasteiger partial charge in [-0.05, 0) is 31.0 Å². The van der Waals surface area contributed by atoms with E-state index in [0.29, 0.717) is 32.4 Å². The fourth-order valence-electron chi connectivity index (χ4n) is 2.19. The van der Waals surface area contributed by atoms with E-state index in [1.807, 2.05) is 31.2 Å². The van der Waals surface area contributed by atoms with Gasteiger partial charge in [0, 0.05) is 19.0 Å². The van der Waals surface area contributed by atoms with Gasteiger partial charge < -0.3 is 15.4 Å². The minimum Gasteiger partial charge on any atom is -0.494 e. The Morgan fingerprint density at radius 2 is 2.15 bits per heavy atom. The van der Waals surface area contributed by atoms with Crippen LogP contribution in [0.3, 0.4) is 0 Å². The van der Waals surface area contributed by atoms with E-state index >= 15 is 0 Å². The standard InChI is InChI=1S/C15H20N2O3/c1-2-20-13-6-3-11(4-7-13)9-15(19)17-12-5-8-14(18)16-10-12/h3-4,6-7,12H,2,5,8-10H2,1H3,(H,16,18)(H,17,19). The Hall–Kier alpha value is -2.04. The van der Waals surface area contributed by atoms with Crippen LogP contribution in [0.25, 0.3) is 0 Å². The first kappa shape index (κ1) is 14.4. The minimum absolute atomic E-state index is 0.0182. The highest BCUT2D eigenvalue weighted by molar-refractivity contribution is 5.80. The quantitative estimate of drug-likeness (QED) is 0.844. The fourth-order valence-corrected chi connectivity index (χ4v) is 2.19. The van der Waals surface area contributed by atoms with Crippen LogP contribution in [0.15, 0.2) is 24.3 Å². The zero-order valence-electron chi connectivity index (χ0n) is 11.6. The highest BCUT2D eigenvalue weighted by atomic mass is 16.5. The summed E-state index contributed by atoms with van der Waals surface area (Å²) in [5.41, 5.74) is 0.950. The summed E-state index contributed by atoms with van der Waals surface area (Å²) in [6.07, 6.45) is 1.53. The van der Waals surface area contributed by atoms with E-state index in [0.717, 1.165) is 11.3 Å². The summed E-state index contributed by atoms with van der Waals surface area (Å²) in [4.78, 5) is 23.0. The molecule has 1 unspecified atom stereocenters. The molecule has 5 nitrogen and oxygen atoms in total. The van der Waals surface area contributed by atoms with E-state index in [9.17, 15) is 9.59 Å². The number of hydrogen-bond acceptors (Lipinski definition) is 3. The zero-order valence-corrected chi connectivity index (χ0v) is 11.6. The Labute approximate surface area is 118 Å². The van der Waals surface area contributed by atoms with Gasteiger partial charge >= 0.3 is 0 Å². The smallest absolute Gasteiger partial charge is 0.224 e. The van der Waals surface area contributed by atoms with Gasteiger partial charge in [0.05, 0.1) is 13.0 Å². The second kappa shape index (κ2) is 6.93. The molecule has 0 spiro atoms. The predicted molar refractivity (Wildman–Crippen MR) is 75.5 cm³/mol. The van der Waals surface area contributed by atoms with Crippen molar-refractivity contribution in [3.8, 4) is 5.75 Å². The molecule has 1 aliphatic rings. The van der Waals surface area contributed by atoms with E-state index in [1.54, 1.807) is 0 Å². The van der Waals surface area contributed by atoms with E-state index in [-0.39, 0.29) is 17.9 Å². The van der Waals surface area contributed by atoms with Gasteiger partial charge in [-0.1, -0.05) is 12.1 Å². The lowest BCUT2D eigenvalue weighted by Gasteiger charge is -2.23. The molecule has 0 bridgehead atoms. The molecule has 2 rings (SSSR count). The molecule has 108 valence electrons. The number of ether oxygens (including phenoxy) is 1. The fraction of sp³-hybridized carbons (Fsp3) is 0.467. The molecule has 1 saturated heterocycles. The molecule has 5 heteroatoms. The van der Waals surface area contributed by atoms with Crippen molar-refractivity contribution in [1.29, 1.82) is 0 Å². The Morgan fingerprint density at radius 3 is 2.75 bits per heavy atom. The van der Waals surface area contributed by atoms with Crippen LogP contribution in [0.2, 0.25) is 0 Å². The van der Waals surface area contributed by atoms with Crippen molar-refractivity contribution >= 4 is 11.8 Å². The van der Waals surface area contributed by atoms with E-state index in [4.69, 9.17) is 4.74 Å². The van der Waals surface area contributed by atoms with Crippen molar-refractivity contribution in [3.05, 3.63) is 29.8 Å². The van der Waals surface area contributed by atoms with Crippen molar-refractivity contribution in [2.45, 2.75) is 32.2 Å². The molecule has 1 aromatic carbocycles. The summed E-state index contributed by atoms with van der Waals surface area (Å²) >= 11 is 0. The number of hydrogen-bond donors (Lipinski definition) is 2. The first-order valence-electron chi connectivity index (χ1n) is 6.95. The van der Waals surface area contributed by atoms with Crippen molar-refractivity contribution in [2.24, 2.45) is 0 Å². The van der Waals surface area contributed by atoms with Gasteiger partial charge in [0.25, 0.3) is 0 Å². The van der Waals surface area contributed by atoms with Crippen molar-refractivity contribution in [2.75, 3.05) is 13.2 Å². The number of piperidine rings is 1. The molecule has 1 heterocycles. The van der Waals surface area contributed by atoms with Gasteiger partial charge in [-0.25, -0.2) is 0 Å². The average molecular weight is 276 g/mol. The van der Waals surface area contributed by atoms with Gasteiger partial charge in [0.15, 0.2) is 0 Å². The predicted octanol–water partition coefficient (Wildman–Crippen LogP) is 1.02. The maximum atomic E-state index is 11.9. The van der Waals surface area contributed by atoms with Gasteiger partial charge in [-0.15, -0.1) is 0 Å². The molecule has 1 fully saturated rings. The van der Waals surface area contributed by atoms with Crippen LogP contribution in [-0.2, 0) is 16.0 Å². The molecule has 1 aromatic rings. The van der Waals surface area contributed by atoms with Gasteiger partial charge in [0.2, 0.25) is 11.8 Å². The first-order valence-corrected chi connectivity index (χ1v) is 6.95. The summed E-state index contributed by atoms with van der Waals surface area (Å²) < 4.78 is 5.36. The molecular weight excluding hydrogens is 256 g/mol. The zero-order chi connectivity index (χ0) is 14.4. The average Bonchev–Trinajstić information content (AvgIpc) is 2.44. The maximum absolute atomic E-state index is 11.9. The van der Waals surface area contributed by atoms with E-state index < -0.39 is 0 Å². The van der Waals surface area contributed by atoms with Crippen molar-refractivity contribution in [1.82, 2.24) is 10.6 Å². The summed E-state index contributed by atoms with van der Waals surface area (Å²) in [5.74, 6) is 0.851. The molecular formula is C15H20N2O3. The lowest BCUT2D eigenvalue weighted by atomic mass is 10.1. The Kier molecular flexibility index (Phi) is 4.98. The number of carbonyl (C=O) groups excluding carboxylic acids is 2. The lowest BCUT2D eigenvalue weighted by Crippen LogP contribution is -2.48. The maximum Gasteiger partial charge on any atom is 0.224 e. The number of amides is 2. The highest BCUT2D eigenvalue weighted by Crippen LogP contribution is 2.12. The first-order chi connectivity index (χ1) is 9.67. The van der Waals surface area contributed by atoms with Gasteiger partial charge in [-0.3, -0.25) is 9.59 Å². The van der Waals surface area contributed by atoms with Crippen LogP contribution >= 0.6 is 0 Å². The Balaban J connectivity index is 1.80. The second-order valence-electron chi connectivity index (χ2n) is 4.86. The molecule has 1 aliphatic heterocycles. The number of nitrogens with one attached hydrogen (secondary N) is 2. The molecule has 0 aliphatic carbocycles. The van der Waals surface area contributed by atoms with Crippen LogP contribution in [0.5, 0.6) is 5.75 Å². The molecule has 0 saturated carbocycles. The van der Waals surface area contributed by atoms with Crippen LogP contribution in [0, 0.1) is 0 Å². The van der Waals surface area contributed by atoms with E-state index in [2.05, 4.69) is 10.6 Å². The minimum atomic E-state index is -0.0182. The largest absolute Gasteiger partial charge is 0.494 e. The number of carbonyl (C=O) groups is 2. The van der Waals surface area contributed by atoms with Crippen LogP contribution in [0.4, 0.5) is 0 Å². The second-order valence-corrected chi connectivity index (χ2v) is 4.86. The summed E-state index contributed by atoms with van der Waals surface area (Å²) in [6.45, 7) is 3.09. The molecule has 20 heavy (non-hydrogen) atoms. The molecule has 2 amide bonds. The summed E-state index contributed by atoms with van der Waals surface area (Å²) in [6, 6.07) is 7.57. The molecule has 0 radical (unpaired) electrons. The molecule has 0 aromatic heterocycles. The summed E-state index contributed by atoms with van der Waals surface area (Å²) in [7, 11) is 0. The number of rotatable bonds is 5. The summed E-state index contributed by atoms with van der Waals surface area (Å²) in [5, 5.41) is 5.70. The lowest BCUT2D eigenvalue weighted by molar-refractivity contribution is -0.125. The van der Waals surface area contributed by atoms with E-state index in [1.165, 1.54) is 0 Å². The third kappa shape index (κ3) is 4.26. The third-order valence-electron chi connectivity index (χ3n) is 3.23. The Morgan fingerprint density at radius 1 is 1.40 bits per heavy atom. The topological polar surface area (TPSA) is 67.4 Å². The Bertz CT molecular complexity index is 461. The van der Waals surface area contributed by atoms with Crippen molar-refractivity contribution < 1.29 is 14.3 Å². The monoisotopic (exact) mass is 276 g/mol. The van der Waals surface area contributed by atoms with Gasteiger partial charge in [-0.2, -0.15) is 0 Å². The van der Waals surface area contributed by atoms with Gasteiger partial charge in [0.1, 0.15) is 5.75 Å². The van der Waals surface area contributed by atoms with Crippen LogP contribution in [0.1, 0.15) is 25.3 Å². The third-order valence-corrected chi connectivity index (χ3v) is 3.23. The molecule has 1 atom stereocenters. The normalized spacial score (nSPS) is 18.2. The number of benzene rings is 1. The molecule has 2 N–H and O–H groups in total. The van der Waals surface area contributed by atoms with Crippen molar-refractivity contribution in [3.63, 3.8) is 0 Å². The van der Waals surface area contributed by atoms with Crippen LogP contribution < -0.4 is 15.4 Å².